The van der Waals surface area contributed by atoms with Crippen molar-refractivity contribution in [3.05, 3.63) is 75.7 Å². The summed E-state index contributed by atoms with van der Waals surface area (Å²) in [7, 11) is 1.66. The summed E-state index contributed by atoms with van der Waals surface area (Å²) in [5.74, 6) is -2.24. The average molecular weight is 383 g/mol. The molecule has 0 aliphatic carbocycles. The first-order valence-corrected chi connectivity index (χ1v) is 8.98. The van der Waals surface area contributed by atoms with Gasteiger partial charge in [0.2, 0.25) is 5.91 Å². The van der Waals surface area contributed by atoms with E-state index in [1.54, 1.807) is 18.9 Å². The van der Waals surface area contributed by atoms with Crippen molar-refractivity contribution in [1.82, 2.24) is 9.88 Å². The summed E-state index contributed by atoms with van der Waals surface area (Å²) in [6, 6.07) is 8.79. The predicted molar refractivity (Wildman–Crippen MR) is 103 cm³/mol. The van der Waals surface area contributed by atoms with Gasteiger partial charge >= 0.3 is 0 Å². The predicted octanol–water partition coefficient (Wildman–Crippen LogP) is 3.36. The molecule has 5 nitrogen and oxygen atoms in total. The second-order valence-corrected chi connectivity index (χ2v) is 7.07. The molecule has 2 N–H and O–H groups in total. The first-order chi connectivity index (χ1) is 13.4. The lowest BCUT2D eigenvalue weighted by Gasteiger charge is -2.28. The molecule has 3 aromatic rings. The van der Waals surface area contributed by atoms with Crippen LogP contribution in [0.4, 0.5) is 14.5 Å². The fourth-order valence-corrected chi connectivity index (χ4v) is 3.71. The highest BCUT2D eigenvalue weighted by Gasteiger charge is 2.31. The lowest BCUT2D eigenvalue weighted by Crippen LogP contribution is -2.41. The van der Waals surface area contributed by atoms with Crippen molar-refractivity contribution in [1.29, 1.82) is 0 Å². The van der Waals surface area contributed by atoms with Crippen molar-refractivity contribution >= 4 is 22.4 Å². The van der Waals surface area contributed by atoms with E-state index in [-0.39, 0.29) is 16.7 Å². The smallest absolute Gasteiger partial charge is 0.255 e. The Morgan fingerprint density at radius 3 is 2.57 bits per heavy atom. The van der Waals surface area contributed by atoms with Gasteiger partial charge in [-0.15, -0.1) is 0 Å². The number of benzene rings is 2. The zero-order valence-electron chi connectivity index (χ0n) is 15.4. The molecule has 1 amide bonds. The number of halogens is 2. The maximum atomic E-state index is 13.8. The van der Waals surface area contributed by atoms with Gasteiger partial charge in [0.05, 0.1) is 11.4 Å². The van der Waals surface area contributed by atoms with Crippen LogP contribution in [-0.2, 0) is 11.2 Å². The number of likely N-dealkylation sites (N-methyl/N-ethyl adjacent to an activating group) is 1. The van der Waals surface area contributed by atoms with E-state index in [1.807, 2.05) is 24.3 Å². The summed E-state index contributed by atoms with van der Waals surface area (Å²) in [5, 5.41) is 3.57. The molecule has 1 aromatic heterocycles. The molecule has 0 saturated carbocycles. The van der Waals surface area contributed by atoms with E-state index in [2.05, 4.69) is 10.3 Å². The topological polar surface area (TPSA) is 65.2 Å². The number of H-pyrrole nitrogens is 1. The molecule has 7 heteroatoms. The lowest BCUT2D eigenvalue weighted by molar-refractivity contribution is -0.132. The van der Waals surface area contributed by atoms with Crippen LogP contribution < -0.4 is 10.9 Å². The molecule has 0 saturated heterocycles. The highest BCUT2D eigenvalue weighted by molar-refractivity contribution is 5.89. The number of hydrogen-bond acceptors (Lipinski definition) is 3. The number of hydrogen-bond donors (Lipinski definition) is 2. The van der Waals surface area contributed by atoms with Gasteiger partial charge in [-0.2, -0.15) is 0 Å². The van der Waals surface area contributed by atoms with Gasteiger partial charge in [-0.25, -0.2) is 8.78 Å². The summed E-state index contributed by atoms with van der Waals surface area (Å²) in [4.78, 5) is 29.1. The van der Waals surface area contributed by atoms with E-state index in [0.29, 0.717) is 12.0 Å². The third-order valence-electron chi connectivity index (χ3n) is 5.42. The van der Waals surface area contributed by atoms with Crippen LogP contribution in [-0.4, -0.2) is 28.9 Å². The summed E-state index contributed by atoms with van der Waals surface area (Å²) in [5.41, 5.74) is 2.05. The molecule has 1 aliphatic heterocycles. The minimum Gasteiger partial charge on any atom is -0.373 e. The van der Waals surface area contributed by atoms with Crippen LogP contribution in [0.5, 0.6) is 0 Å². The molecular formula is C21H19F2N3O2. The first kappa shape index (κ1) is 18.2. The number of para-hydroxylation sites is 1. The second kappa shape index (κ2) is 6.74. The number of pyridine rings is 1. The molecule has 2 aromatic carbocycles. The summed E-state index contributed by atoms with van der Waals surface area (Å²) >= 11 is 0. The molecule has 0 bridgehead atoms. The molecule has 28 heavy (non-hydrogen) atoms. The van der Waals surface area contributed by atoms with Gasteiger partial charge in [-0.1, -0.05) is 18.2 Å². The van der Waals surface area contributed by atoms with Crippen molar-refractivity contribution in [3.63, 3.8) is 0 Å². The number of carbonyl (C=O) groups is 1. The number of fused-ring (bicyclic) bond motifs is 2. The Balaban J connectivity index is 1.65. The molecule has 4 rings (SSSR count). The highest BCUT2D eigenvalue weighted by atomic mass is 19.2. The van der Waals surface area contributed by atoms with Crippen LogP contribution >= 0.6 is 0 Å². The number of nitrogens with zero attached hydrogens (tertiary/aromatic N) is 1. The Bertz CT molecular complexity index is 1120. The van der Waals surface area contributed by atoms with Crippen LogP contribution in [0, 0.1) is 11.6 Å². The Morgan fingerprint density at radius 1 is 1.18 bits per heavy atom. The fourth-order valence-electron chi connectivity index (χ4n) is 3.71. The normalized spacial score (nSPS) is 16.5. The number of nitrogens with one attached hydrogen (secondary N) is 2. The minimum atomic E-state index is -1.08. The standard InChI is InChI=1S/C21H19F2N3O2/c1-11(15-10-24-20(27)14-9-17(23)16(22)8-13(14)15)26(2)21(28)19-7-12-5-3-4-6-18(12)25-19/h3-6,8-11,19,25H,7H2,1-2H3,(H,24,27)/t11-,19+/m1/s1. The molecule has 144 valence electrons. The quantitative estimate of drug-likeness (QED) is 0.729. The average Bonchev–Trinajstić information content (AvgIpc) is 3.12. The third kappa shape index (κ3) is 2.93. The number of aromatic amines is 1. The zero-order chi connectivity index (χ0) is 20.0. The third-order valence-corrected chi connectivity index (χ3v) is 5.42. The SMILES string of the molecule is C[C@H](c1c[nH]c(=O)c2cc(F)c(F)cc12)N(C)C(=O)[C@@H]1Cc2ccccc2N1. The van der Waals surface area contributed by atoms with Crippen molar-refractivity contribution in [2.45, 2.75) is 25.4 Å². The lowest BCUT2D eigenvalue weighted by atomic mass is 10.0. The zero-order valence-corrected chi connectivity index (χ0v) is 15.4. The van der Waals surface area contributed by atoms with Crippen LogP contribution in [0.15, 0.2) is 47.4 Å². The van der Waals surface area contributed by atoms with Crippen molar-refractivity contribution in [2.24, 2.45) is 0 Å². The molecule has 2 heterocycles. The van der Waals surface area contributed by atoms with E-state index < -0.39 is 29.3 Å². The van der Waals surface area contributed by atoms with Crippen molar-refractivity contribution in [2.75, 3.05) is 12.4 Å². The number of carbonyl (C=O) groups excluding carboxylic acids is 1. The van der Waals surface area contributed by atoms with Crippen molar-refractivity contribution < 1.29 is 13.6 Å². The molecular weight excluding hydrogens is 364 g/mol. The van der Waals surface area contributed by atoms with Crippen LogP contribution in [0.25, 0.3) is 10.8 Å². The molecule has 1 aliphatic rings. The summed E-state index contributed by atoms with van der Waals surface area (Å²) in [6.07, 6.45) is 2.03. The fraction of sp³-hybridized carbons (Fsp3) is 0.238. The maximum absolute atomic E-state index is 13.8. The summed E-state index contributed by atoms with van der Waals surface area (Å²) in [6.45, 7) is 1.79. The van der Waals surface area contributed by atoms with E-state index in [1.165, 1.54) is 6.20 Å². The van der Waals surface area contributed by atoms with Crippen molar-refractivity contribution in [3.8, 4) is 0 Å². The van der Waals surface area contributed by atoms with Gasteiger partial charge in [0.15, 0.2) is 11.6 Å². The van der Waals surface area contributed by atoms with Crippen LogP contribution in [0.2, 0.25) is 0 Å². The monoisotopic (exact) mass is 383 g/mol. The highest BCUT2D eigenvalue weighted by Crippen LogP contribution is 2.30. The maximum Gasteiger partial charge on any atom is 0.255 e. The van der Waals surface area contributed by atoms with Gasteiger partial charge in [-0.05, 0) is 41.6 Å². The largest absolute Gasteiger partial charge is 0.373 e. The Labute approximate surface area is 160 Å². The second-order valence-electron chi connectivity index (χ2n) is 7.07. The first-order valence-electron chi connectivity index (χ1n) is 8.98. The molecule has 0 fully saturated rings. The van der Waals surface area contributed by atoms with E-state index >= 15 is 0 Å². The minimum absolute atomic E-state index is 0.0514. The molecule has 0 unspecified atom stereocenters. The number of rotatable bonds is 3. The van der Waals surface area contributed by atoms with Gasteiger partial charge in [-0.3, -0.25) is 9.59 Å². The van der Waals surface area contributed by atoms with Gasteiger partial charge in [0.1, 0.15) is 6.04 Å². The molecule has 0 spiro atoms. The Hall–Kier alpha value is -3.22. The van der Waals surface area contributed by atoms with Gasteiger partial charge in [0.25, 0.3) is 5.56 Å². The number of aromatic nitrogens is 1. The Morgan fingerprint density at radius 2 is 1.86 bits per heavy atom. The van der Waals surface area contributed by atoms with E-state index in [0.717, 1.165) is 23.4 Å². The van der Waals surface area contributed by atoms with Gasteiger partial charge in [0, 0.05) is 25.4 Å². The number of anilines is 1. The van der Waals surface area contributed by atoms with E-state index in [4.69, 9.17) is 0 Å². The van der Waals surface area contributed by atoms with E-state index in [9.17, 15) is 18.4 Å². The number of amides is 1. The molecule has 2 atom stereocenters. The summed E-state index contributed by atoms with van der Waals surface area (Å²) < 4.78 is 27.4. The van der Waals surface area contributed by atoms with Crippen LogP contribution in [0.3, 0.4) is 0 Å². The van der Waals surface area contributed by atoms with Gasteiger partial charge < -0.3 is 15.2 Å². The molecule has 0 radical (unpaired) electrons. The van der Waals surface area contributed by atoms with Crippen LogP contribution in [0.1, 0.15) is 24.1 Å². The Kier molecular flexibility index (Phi) is 4.37.